The Kier molecular flexibility index (Phi) is 5.53. The van der Waals surface area contributed by atoms with Gasteiger partial charge in [0, 0.05) is 18.7 Å². The van der Waals surface area contributed by atoms with Crippen LogP contribution in [0.3, 0.4) is 0 Å². The molecule has 1 aliphatic rings. The fourth-order valence-electron chi connectivity index (χ4n) is 2.84. The van der Waals surface area contributed by atoms with Crippen molar-refractivity contribution < 1.29 is 24.4 Å². The van der Waals surface area contributed by atoms with Crippen molar-refractivity contribution in [3.05, 3.63) is 52.0 Å². The number of hydrogen-bond donors (Lipinski definition) is 2. The molecule has 2 aromatic carbocycles. The van der Waals surface area contributed by atoms with Crippen LogP contribution in [0, 0.1) is 0 Å². The SMILES string of the molecule is O=Cc1c(OC2CCN(c3ccc(Cl)c(Cl)c3)C2=O)cccc1B(O)O. The van der Waals surface area contributed by atoms with Crippen LogP contribution in [0.15, 0.2) is 36.4 Å². The van der Waals surface area contributed by atoms with Crippen LogP contribution in [0.2, 0.25) is 10.0 Å². The van der Waals surface area contributed by atoms with Crippen LogP contribution >= 0.6 is 23.2 Å². The fourth-order valence-corrected chi connectivity index (χ4v) is 3.13. The molecule has 3 rings (SSSR count). The summed E-state index contributed by atoms with van der Waals surface area (Å²) in [5, 5.41) is 19.4. The van der Waals surface area contributed by atoms with Crippen LogP contribution in [0.1, 0.15) is 16.8 Å². The molecular formula is C17H14BCl2NO5. The molecule has 0 aromatic heterocycles. The highest BCUT2D eigenvalue weighted by molar-refractivity contribution is 6.60. The zero-order chi connectivity index (χ0) is 18.8. The zero-order valence-electron chi connectivity index (χ0n) is 13.4. The molecule has 0 spiro atoms. The van der Waals surface area contributed by atoms with E-state index < -0.39 is 13.2 Å². The van der Waals surface area contributed by atoms with Gasteiger partial charge in [-0.05, 0) is 29.7 Å². The molecule has 1 fully saturated rings. The lowest BCUT2D eigenvalue weighted by Crippen LogP contribution is -2.35. The zero-order valence-corrected chi connectivity index (χ0v) is 14.9. The molecule has 2 aromatic rings. The van der Waals surface area contributed by atoms with Gasteiger partial charge in [-0.1, -0.05) is 35.3 Å². The van der Waals surface area contributed by atoms with Crippen LogP contribution in [0.4, 0.5) is 5.69 Å². The van der Waals surface area contributed by atoms with Crippen LogP contribution < -0.4 is 15.1 Å². The van der Waals surface area contributed by atoms with Gasteiger partial charge in [0.05, 0.1) is 15.6 Å². The van der Waals surface area contributed by atoms with Gasteiger partial charge >= 0.3 is 7.12 Å². The monoisotopic (exact) mass is 393 g/mol. The van der Waals surface area contributed by atoms with Gasteiger partial charge in [-0.3, -0.25) is 9.59 Å². The second kappa shape index (κ2) is 7.67. The first-order chi connectivity index (χ1) is 12.4. The van der Waals surface area contributed by atoms with Crippen molar-refractivity contribution >= 4 is 53.7 Å². The molecule has 1 atom stereocenters. The minimum absolute atomic E-state index is 0.00304. The summed E-state index contributed by atoms with van der Waals surface area (Å²) in [4.78, 5) is 25.5. The van der Waals surface area contributed by atoms with E-state index in [2.05, 4.69) is 0 Å². The molecule has 1 unspecified atom stereocenters. The smallest absolute Gasteiger partial charge is 0.480 e. The molecule has 1 heterocycles. The van der Waals surface area contributed by atoms with E-state index in [1.54, 1.807) is 18.2 Å². The Balaban J connectivity index is 1.82. The number of ether oxygens (including phenoxy) is 1. The standard InChI is InChI=1S/C17H14BCl2NO5/c19-13-5-4-10(8-14(13)20)21-7-6-16(17(21)23)26-15-3-1-2-12(18(24)25)11(15)9-22/h1-5,8-9,16,24-25H,6-7H2. The number of benzene rings is 2. The van der Waals surface area contributed by atoms with Gasteiger partial charge in [0.15, 0.2) is 12.4 Å². The van der Waals surface area contributed by atoms with Crippen LogP contribution in [0.5, 0.6) is 5.75 Å². The number of hydrogen-bond acceptors (Lipinski definition) is 5. The lowest BCUT2D eigenvalue weighted by Gasteiger charge is -2.19. The average molecular weight is 394 g/mol. The van der Waals surface area contributed by atoms with E-state index in [-0.39, 0.29) is 22.7 Å². The number of halogens is 2. The molecular weight excluding hydrogens is 380 g/mol. The minimum atomic E-state index is -1.81. The van der Waals surface area contributed by atoms with Crippen LogP contribution in [-0.2, 0) is 4.79 Å². The number of carbonyl (C=O) groups is 2. The van der Waals surface area contributed by atoms with Crippen LogP contribution in [0.25, 0.3) is 0 Å². The Bertz CT molecular complexity index is 861. The topological polar surface area (TPSA) is 87.1 Å². The average Bonchev–Trinajstić information content (AvgIpc) is 2.97. The van der Waals surface area contributed by atoms with E-state index in [1.807, 2.05) is 0 Å². The van der Waals surface area contributed by atoms with Crippen molar-refractivity contribution in [3.8, 4) is 5.75 Å². The Morgan fingerprint density at radius 1 is 1.19 bits per heavy atom. The molecule has 0 saturated carbocycles. The number of nitrogens with zero attached hydrogens (tertiary/aromatic N) is 1. The molecule has 0 radical (unpaired) electrons. The molecule has 1 saturated heterocycles. The minimum Gasteiger partial charge on any atom is -0.480 e. The first-order valence-corrected chi connectivity index (χ1v) is 8.55. The molecule has 26 heavy (non-hydrogen) atoms. The molecule has 6 nitrogen and oxygen atoms in total. The Morgan fingerprint density at radius 2 is 1.96 bits per heavy atom. The third kappa shape index (κ3) is 3.57. The van der Waals surface area contributed by atoms with Gasteiger partial charge in [-0.2, -0.15) is 0 Å². The summed E-state index contributed by atoms with van der Waals surface area (Å²) >= 11 is 11.9. The first-order valence-electron chi connectivity index (χ1n) is 7.79. The molecule has 1 aliphatic heterocycles. The van der Waals surface area contributed by atoms with Crippen molar-refractivity contribution in [2.45, 2.75) is 12.5 Å². The highest BCUT2D eigenvalue weighted by atomic mass is 35.5. The fraction of sp³-hybridized carbons (Fsp3) is 0.176. The summed E-state index contributed by atoms with van der Waals surface area (Å²) in [7, 11) is -1.81. The molecule has 9 heteroatoms. The third-order valence-electron chi connectivity index (χ3n) is 4.14. The maximum atomic E-state index is 12.7. The molecule has 134 valence electrons. The number of amides is 1. The van der Waals surface area contributed by atoms with Crippen molar-refractivity contribution in [1.29, 1.82) is 0 Å². The van der Waals surface area contributed by atoms with Gasteiger partial charge < -0.3 is 19.7 Å². The van der Waals surface area contributed by atoms with Gasteiger partial charge in [0.1, 0.15) is 5.75 Å². The van der Waals surface area contributed by atoms with E-state index >= 15 is 0 Å². The quantitative estimate of drug-likeness (QED) is 0.596. The predicted molar refractivity (Wildman–Crippen MR) is 99.5 cm³/mol. The van der Waals surface area contributed by atoms with E-state index in [4.69, 9.17) is 27.9 Å². The Labute approximate surface area is 160 Å². The van der Waals surface area contributed by atoms with E-state index in [9.17, 15) is 19.6 Å². The van der Waals surface area contributed by atoms with Crippen LogP contribution in [-0.4, -0.2) is 42.0 Å². The highest BCUT2D eigenvalue weighted by Gasteiger charge is 2.35. The number of anilines is 1. The lowest BCUT2D eigenvalue weighted by molar-refractivity contribution is -0.122. The van der Waals surface area contributed by atoms with Gasteiger partial charge in [-0.15, -0.1) is 0 Å². The normalized spacial score (nSPS) is 16.7. The maximum Gasteiger partial charge on any atom is 0.489 e. The summed E-state index contributed by atoms with van der Waals surface area (Å²) in [6.07, 6.45) is 0.0815. The Hall–Kier alpha value is -2.06. The van der Waals surface area contributed by atoms with Gasteiger partial charge in [-0.25, -0.2) is 0 Å². The summed E-state index contributed by atoms with van der Waals surface area (Å²) in [5.74, 6) is -0.157. The number of carbonyl (C=O) groups excluding carboxylic acids is 2. The second-order valence-corrected chi connectivity index (χ2v) is 6.55. The molecule has 0 bridgehead atoms. The largest absolute Gasteiger partial charge is 0.489 e. The summed E-state index contributed by atoms with van der Waals surface area (Å²) in [6, 6.07) is 9.33. The maximum absolute atomic E-state index is 12.7. The Morgan fingerprint density at radius 3 is 2.62 bits per heavy atom. The summed E-state index contributed by atoms with van der Waals surface area (Å²) in [5.41, 5.74) is 0.623. The number of aldehydes is 1. The molecule has 2 N–H and O–H groups in total. The van der Waals surface area contributed by atoms with Crippen molar-refractivity contribution in [2.75, 3.05) is 11.4 Å². The van der Waals surface area contributed by atoms with Crippen molar-refractivity contribution in [2.24, 2.45) is 0 Å². The number of rotatable bonds is 5. The van der Waals surface area contributed by atoms with E-state index in [0.717, 1.165) is 0 Å². The summed E-state index contributed by atoms with van der Waals surface area (Å²) in [6.45, 7) is 0.417. The predicted octanol–water partition coefficient (Wildman–Crippen LogP) is 1.67. The van der Waals surface area contributed by atoms with E-state index in [0.29, 0.717) is 35.0 Å². The van der Waals surface area contributed by atoms with Crippen molar-refractivity contribution in [1.82, 2.24) is 0 Å². The summed E-state index contributed by atoms with van der Waals surface area (Å²) < 4.78 is 5.70. The van der Waals surface area contributed by atoms with Crippen molar-refractivity contribution in [3.63, 3.8) is 0 Å². The highest BCUT2D eigenvalue weighted by Crippen LogP contribution is 2.31. The third-order valence-corrected chi connectivity index (χ3v) is 4.88. The molecule has 0 aliphatic carbocycles. The first kappa shape index (κ1) is 18.7. The van der Waals surface area contributed by atoms with Gasteiger partial charge in [0.25, 0.3) is 5.91 Å². The molecule has 1 amide bonds. The van der Waals surface area contributed by atoms with Gasteiger partial charge in [0.2, 0.25) is 0 Å². The lowest BCUT2D eigenvalue weighted by atomic mass is 9.77. The second-order valence-electron chi connectivity index (χ2n) is 5.73. The van der Waals surface area contributed by atoms with E-state index in [1.165, 1.54) is 23.1 Å².